The zero-order valence-corrected chi connectivity index (χ0v) is 14.8. The maximum absolute atomic E-state index is 12.1. The monoisotopic (exact) mass is 388 g/mol. The quantitative estimate of drug-likeness (QED) is 0.675. The van der Waals surface area contributed by atoms with E-state index in [0.717, 1.165) is 0 Å². The molecule has 0 saturated carbocycles. The first-order valence-electron chi connectivity index (χ1n) is 7.51. The number of hydrogen-bond donors (Lipinski definition) is 3. The summed E-state index contributed by atoms with van der Waals surface area (Å²) >= 11 is 6.19. The van der Waals surface area contributed by atoms with Crippen molar-refractivity contribution in [2.45, 2.75) is 6.92 Å². The number of carbonyl (C=O) groups is 1. The van der Waals surface area contributed by atoms with Gasteiger partial charge in [0.15, 0.2) is 18.1 Å². The molecule has 0 aliphatic carbocycles. The minimum atomic E-state index is -1.21. The van der Waals surface area contributed by atoms with Gasteiger partial charge in [-0.2, -0.15) is 10.5 Å². The molecule has 0 radical (unpaired) electrons. The van der Waals surface area contributed by atoms with Crippen LogP contribution in [0.5, 0.6) is 11.5 Å². The van der Waals surface area contributed by atoms with Crippen molar-refractivity contribution < 1.29 is 19.4 Å². The summed E-state index contributed by atoms with van der Waals surface area (Å²) in [6, 6.07) is 6.32. The molecule has 1 aromatic heterocycles. The largest absolute Gasteiger partial charge is 0.490 e. The molecule has 2 rings (SSSR count). The Kier molecular flexibility index (Phi) is 5.91. The first kappa shape index (κ1) is 19.6. The van der Waals surface area contributed by atoms with Crippen molar-refractivity contribution in [2.75, 3.05) is 18.9 Å². The molecule has 0 atom stereocenters. The van der Waals surface area contributed by atoms with E-state index in [9.17, 15) is 20.1 Å². The molecule has 0 aliphatic rings. The number of aromatic nitrogens is 1. The van der Waals surface area contributed by atoms with Crippen molar-refractivity contribution >= 4 is 23.4 Å². The number of carboxylic acids is 1. The summed E-state index contributed by atoms with van der Waals surface area (Å²) in [5.41, 5.74) is 4.72. The third kappa shape index (κ3) is 3.94. The second kappa shape index (κ2) is 8.13. The van der Waals surface area contributed by atoms with E-state index >= 15 is 0 Å². The van der Waals surface area contributed by atoms with Gasteiger partial charge in [-0.05, 0) is 24.6 Å². The van der Waals surface area contributed by atoms with E-state index < -0.39 is 18.1 Å². The summed E-state index contributed by atoms with van der Waals surface area (Å²) < 4.78 is 10.6. The topological polar surface area (TPSA) is 162 Å². The van der Waals surface area contributed by atoms with Crippen LogP contribution in [0.1, 0.15) is 18.1 Å². The van der Waals surface area contributed by atoms with Gasteiger partial charge in [-0.15, -0.1) is 0 Å². The standard InChI is InChI=1S/C17H13ClN4O5/c1-2-26-12-4-8(3-11(18)15(12)27-7-13(23)24)14-9(5-19)16(21)22-17(25)10(14)6-20/h3-4H,2,7H2,1H3,(H,23,24)(H3,21,22,25). The summed E-state index contributed by atoms with van der Waals surface area (Å²) in [7, 11) is 0. The Morgan fingerprint density at radius 1 is 1.30 bits per heavy atom. The Balaban J connectivity index is 2.78. The van der Waals surface area contributed by atoms with Crippen LogP contribution in [0.3, 0.4) is 0 Å². The van der Waals surface area contributed by atoms with E-state index in [-0.39, 0.29) is 51.2 Å². The molecule has 138 valence electrons. The van der Waals surface area contributed by atoms with Crippen molar-refractivity contribution in [1.29, 1.82) is 10.5 Å². The van der Waals surface area contributed by atoms with E-state index in [1.54, 1.807) is 13.0 Å². The molecule has 10 heteroatoms. The number of pyridine rings is 1. The zero-order chi connectivity index (χ0) is 20.1. The van der Waals surface area contributed by atoms with Crippen molar-refractivity contribution in [3.63, 3.8) is 0 Å². The predicted octanol–water partition coefficient (Wildman–Crippen LogP) is 1.88. The van der Waals surface area contributed by atoms with E-state index in [1.165, 1.54) is 12.1 Å². The molecule has 0 saturated heterocycles. The van der Waals surface area contributed by atoms with Gasteiger partial charge in [-0.3, -0.25) is 4.79 Å². The van der Waals surface area contributed by atoms with Crippen LogP contribution in [-0.4, -0.2) is 29.3 Å². The summed E-state index contributed by atoms with van der Waals surface area (Å²) in [5, 5.41) is 27.5. The maximum atomic E-state index is 12.1. The lowest BCUT2D eigenvalue weighted by molar-refractivity contribution is -0.139. The number of nitrogens with zero attached hydrogens (tertiary/aromatic N) is 2. The van der Waals surface area contributed by atoms with Crippen LogP contribution >= 0.6 is 11.6 Å². The van der Waals surface area contributed by atoms with Crippen molar-refractivity contribution in [3.05, 3.63) is 38.6 Å². The third-order valence-corrected chi connectivity index (χ3v) is 3.69. The number of carboxylic acid groups (broad SMARTS) is 1. The Bertz CT molecular complexity index is 1050. The van der Waals surface area contributed by atoms with E-state index in [2.05, 4.69) is 4.98 Å². The number of nitrogens with two attached hydrogens (primary N) is 1. The van der Waals surface area contributed by atoms with Crippen molar-refractivity contribution in [3.8, 4) is 34.8 Å². The molecule has 9 nitrogen and oxygen atoms in total. The Hall–Kier alpha value is -3.69. The van der Waals surface area contributed by atoms with Gasteiger partial charge in [0.05, 0.1) is 11.6 Å². The maximum Gasteiger partial charge on any atom is 0.341 e. The zero-order valence-electron chi connectivity index (χ0n) is 14.0. The fraction of sp³-hybridized carbons (Fsp3) is 0.176. The summed E-state index contributed by atoms with van der Waals surface area (Å²) in [5.74, 6) is -1.33. The van der Waals surface area contributed by atoms with Gasteiger partial charge in [0.1, 0.15) is 29.1 Å². The molecule has 0 bridgehead atoms. The highest BCUT2D eigenvalue weighted by Crippen LogP contribution is 2.41. The Morgan fingerprint density at radius 2 is 1.96 bits per heavy atom. The number of ether oxygens (including phenoxy) is 2. The number of nitrogen functional groups attached to an aromatic ring is 1. The molecular formula is C17H13ClN4O5. The number of rotatable bonds is 6. The first-order chi connectivity index (χ1) is 12.8. The average molecular weight is 389 g/mol. The van der Waals surface area contributed by atoms with Gasteiger partial charge < -0.3 is 25.3 Å². The van der Waals surface area contributed by atoms with Crippen LogP contribution in [-0.2, 0) is 4.79 Å². The molecule has 1 aromatic carbocycles. The normalized spacial score (nSPS) is 9.93. The number of anilines is 1. The van der Waals surface area contributed by atoms with Gasteiger partial charge in [0.25, 0.3) is 5.56 Å². The molecule has 1 heterocycles. The lowest BCUT2D eigenvalue weighted by atomic mass is 9.96. The fourth-order valence-corrected chi connectivity index (χ4v) is 2.65. The molecule has 2 aromatic rings. The van der Waals surface area contributed by atoms with Crippen LogP contribution in [0.4, 0.5) is 5.82 Å². The van der Waals surface area contributed by atoms with Gasteiger partial charge in [0.2, 0.25) is 0 Å². The molecule has 4 N–H and O–H groups in total. The predicted molar refractivity (Wildman–Crippen MR) is 95.7 cm³/mol. The van der Waals surface area contributed by atoms with E-state index in [0.29, 0.717) is 0 Å². The van der Waals surface area contributed by atoms with Crippen LogP contribution in [0, 0.1) is 22.7 Å². The highest BCUT2D eigenvalue weighted by molar-refractivity contribution is 6.32. The van der Waals surface area contributed by atoms with Gasteiger partial charge in [-0.1, -0.05) is 11.6 Å². The molecule has 0 fully saturated rings. The number of aliphatic carboxylic acids is 1. The number of H-pyrrole nitrogens is 1. The number of benzene rings is 1. The second-order valence-electron chi connectivity index (χ2n) is 5.12. The molecule has 0 unspecified atom stereocenters. The SMILES string of the molecule is CCOc1cc(-c2c(C#N)c(N)[nH]c(=O)c2C#N)cc(Cl)c1OCC(=O)O. The molecule has 0 spiro atoms. The number of nitriles is 2. The number of aromatic amines is 1. The molecule has 0 amide bonds. The van der Waals surface area contributed by atoms with Gasteiger partial charge in [0, 0.05) is 5.56 Å². The Morgan fingerprint density at radius 3 is 2.52 bits per heavy atom. The number of hydrogen-bond acceptors (Lipinski definition) is 7. The van der Waals surface area contributed by atoms with E-state index in [1.807, 2.05) is 6.07 Å². The summed E-state index contributed by atoms with van der Waals surface area (Å²) in [4.78, 5) is 25.0. The average Bonchev–Trinajstić information content (AvgIpc) is 2.60. The van der Waals surface area contributed by atoms with Crippen LogP contribution in [0.15, 0.2) is 16.9 Å². The summed E-state index contributed by atoms with van der Waals surface area (Å²) in [6.45, 7) is 1.25. The Labute approximate surface area is 158 Å². The number of halogens is 1. The third-order valence-electron chi connectivity index (χ3n) is 3.41. The molecular weight excluding hydrogens is 376 g/mol. The van der Waals surface area contributed by atoms with Crippen LogP contribution < -0.4 is 20.8 Å². The van der Waals surface area contributed by atoms with Crippen molar-refractivity contribution in [1.82, 2.24) is 4.98 Å². The highest BCUT2D eigenvalue weighted by atomic mass is 35.5. The van der Waals surface area contributed by atoms with Gasteiger partial charge in [-0.25, -0.2) is 4.79 Å². The highest BCUT2D eigenvalue weighted by Gasteiger charge is 2.22. The van der Waals surface area contributed by atoms with E-state index in [4.69, 9.17) is 31.9 Å². The van der Waals surface area contributed by atoms with Crippen LogP contribution in [0.25, 0.3) is 11.1 Å². The first-order valence-corrected chi connectivity index (χ1v) is 7.89. The van der Waals surface area contributed by atoms with Crippen LogP contribution in [0.2, 0.25) is 5.02 Å². The minimum Gasteiger partial charge on any atom is -0.490 e. The lowest BCUT2D eigenvalue weighted by Crippen LogP contribution is -2.16. The number of nitrogens with one attached hydrogen (secondary N) is 1. The minimum absolute atomic E-state index is 0.00566. The lowest BCUT2D eigenvalue weighted by Gasteiger charge is -2.15. The molecule has 0 aliphatic heterocycles. The van der Waals surface area contributed by atoms with Gasteiger partial charge >= 0.3 is 5.97 Å². The smallest absolute Gasteiger partial charge is 0.341 e. The summed E-state index contributed by atoms with van der Waals surface area (Å²) in [6.07, 6.45) is 0. The second-order valence-corrected chi connectivity index (χ2v) is 5.52. The fourth-order valence-electron chi connectivity index (χ4n) is 2.38. The molecule has 27 heavy (non-hydrogen) atoms. The van der Waals surface area contributed by atoms with Crippen molar-refractivity contribution in [2.24, 2.45) is 0 Å².